The van der Waals surface area contributed by atoms with Crippen LogP contribution in [0.15, 0.2) is 5.16 Å². The van der Waals surface area contributed by atoms with Crippen LogP contribution in [0.1, 0.15) is 25.1 Å². The molecule has 1 aromatic rings. The molecule has 0 bridgehead atoms. The Kier molecular flexibility index (Phi) is 5.62. The normalized spacial score (nSPS) is 12.2. The SMILES string of the molecule is CCN(CC)CCOc1c(C(N)=NO)c(C)nn1C. The summed E-state index contributed by atoms with van der Waals surface area (Å²) in [5.41, 5.74) is 6.87. The van der Waals surface area contributed by atoms with Crippen LogP contribution in [0, 0.1) is 6.92 Å². The number of hydrogen-bond acceptors (Lipinski definition) is 5. The lowest BCUT2D eigenvalue weighted by Crippen LogP contribution is -2.28. The van der Waals surface area contributed by atoms with Crippen LogP contribution in [-0.4, -0.2) is 52.0 Å². The molecule has 0 spiro atoms. The summed E-state index contributed by atoms with van der Waals surface area (Å²) in [7, 11) is 1.77. The summed E-state index contributed by atoms with van der Waals surface area (Å²) in [5.74, 6) is 0.545. The molecule has 1 rings (SSSR count). The minimum atomic E-state index is 0.0171. The number of rotatable bonds is 7. The molecule has 7 heteroatoms. The van der Waals surface area contributed by atoms with Gasteiger partial charge in [0.2, 0.25) is 5.88 Å². The van der Waals surface area contributed by atoms with Crippen molar-refractivity contribution in [3.8, 4) is 5.88 Å². The molecule has 0 aliphatic carbocycles. The van der Waals surface area contributed by atoms with Gasteiger partial charge in [-0.05, 0) is 20.0 Å². The first-order valence-corrected chi connectivity index (χ1v) is 6.41. The lowest BCUT2D eigenvalue weighted by molar-refractivity contribution is 0.212. The summed E-state index contributed by atoms with van der Waals surface area (Å²) < 4.78 is 7.33. The second kappa shape index (κ2) is 6.98. The summed E-state index contributed by atoms with van der Waals surface area (Å²) >= 11 is 0. The van der Waals surface area contributed by atoms with Gasteiger partial charge in [0.1, 0.15) is 12.2 Å². The van der Waals surface area contributed by atoms with E-state index < -0.39 is 0 Å². The summed E-state index contributed by atoms with van der Waals surface area (Å²) in [6.07, 6.45) is 0. The Hall–Kier alpha value is -1.76. The Morgan fingerprint density at radius 3 is 2.63 bits per heavy atom. The Morgan fingerprint density at radius 1 is 1.47 bits per heavy atom. The van der Waals surface area contributed by atoms with E-state index in [9.17, 15) is 0 Å². The second-order valence-electron chi connectivity index (χ2n) is 4.25. The maximum Gasteiger partial charge on any atom is 0.223 e. The quantitative estimate of drug-likeness (QED) is 0.326. The van der Waals surface area contributed by atoms with Crippen LogP contribution < -0.4 is 10.5 Å². The van der Waals surface area contributed by atoms with Gasteiger partial charge in [-0.2, -0.15) is 5.10 Å². The Bertz CT molecular complexity index is 438. The highest BCUT2D eigenvalue weighted by Gasteiger charge is 2.18. The van der Waals surface area contributed by atoms with Crippen molar-refractivity contribution in [3.05, 3.63) is 11.3 Å². The van der Waals surface area contributed by atoms with Crippen molar-refractivity contribution in [2.24, 2.45) is 17.9 Å². The third kappa shape index (κ3) is 3.60. The third-order valence-electron chi connectivity index (χ3n) is 3.07. The first kappa shape index (κ1) is 15.3. The zero-order valence-corrected chi connectivity index (χ0v) is 12.1. The molecule has 0 saturated heterocycles. The van der Waals surface area contributed by atoms with Crippen molar-refractivity contribution in [1.82, 2.24) is 14.7 Å². The van der Waals surface area contributed by atoms with Gasteiger partial charge in [-0.1, -0.05) is 19.0 Å². The van der Waals surface area contributed by atoms with E-state index in [1.807, 2.05) is 0 Å². The van der Waals surface area contributed by atoms with Crippen molar-refractivity contribution < 1.29 is 9.94 Å². The smallest absolute Gasteiger partial charge is 0.223 e. The summed E-state index contributed by atoms with van der Waals surface area (Å²) in [6.45, 7) is 9.34. The van der Waals surface area contributed by atoms with E-state index in [0.29, 0.717) is 23.7 Å². The fourth-order valence-electron chi connectivity index (χ4n) is 1.96. The van der Waals surface area contributed by atoms with Gasteiger partial charge >= 0.3 is 0 Å². The van der Waals surface area contributed by atoms with Gasteiger partial charge in [-0.3, -0.25) is 0 Å². The monoisotopic (exact) mass is 269 g/mol. The Morgan fingerprint density at radius 2 is 2.11 bits per heavy atom. The zero-order chi connectivity index (χ0) is 14.4. The fourth-order valence-corrected chi connectivity index (χ4v) is 1.96. The molecule has 0 saturated carbocycles. The van der Waals surface area contributed by atoms with E-state index in [0.717, 1.165) is 19.6 Å². The van der Waals surface area contributed by atoms with E-state index in [1.165, 1.54) is 0 Å². The Labute approximate surface area is 113 Å². The average molecular weight is 269 g/mol. The van der Waals surface area contributed by atoms with Gasteiger partial charge in [0.15, 0.2) is 5.84 Å². The van der Waals surface area contributed by atoms with Gasteiger partial charge in [-0.15, -0.1) is 0 Å². The summed E-state index contributed by atoms with van der Waals surface area (Å²) in [6, 6.07) is 0. The lowest BCUT2D eigenvalue weighted by Gasteiger charge is -2.18. The standard InChI is InChI=1S/C12H23N5O2/c1-5-17(6-2)7-8-19-12-10(11(13)15-18)9(3)14-16(12)4/h18H,5-8H2,1-4H3,(H2,13,15). The molecule has 0 fully saturated rings. The fraction of sp³-hybridized carbons (Fsp3) is 0.667. The molecule has 7 nitrogen and oxygen atoms in total. The predicted molar refractivity (Wildman–Crippen MR) is 73.7 cm³/mol. The number of likely N-dealkylation sites (N-methyl/N-ethyl adjacent to an activating group) is 1. The van der Waals surface area contributed by atoms with Gasteiger partial charge in [0, 0.05) is 13.6 Å². The molecule has 1 aromatic heterocycles. The maximum atomic E-state index is 8.80. The molecule has 0 radical (unpaired) electrons. The van der Waals surface area contributed by atoms with Gasteiger partial charge in [0.05, 0.1) is 5.69 Å². The predicted octanol–water partition coefficient (Wildman–Crippen LogP) is 0.544. The molecule has 0 unspecified atom stereocenters. The number of oxime groups is 1. The van der Waals surface area contributed by atoms with Crippen LogP contribution in [-0.2, 0) is 7.05 Å². The number of aryl methyl sites for hydroxylation is 2. The van der Waals surface area contributed by atoms with Crippen LogP contribution in [0.3, 0.4) is 0 Å². The number of amidine groups is 1. The summed E-state index contributed by atoms with van der Waals surface area (Å²) in [4.78, 5) is 2.26. The molecule has 0 aliphatic heterocycles. The van der Waals surface area contributed by atoms with Crippen molar-refractivity contribution in [2.75, 3.05) is 26.2 Å². The van der Waals surface area contributed by atoms with Crippen LogP contribution in [0.5, 0.6) is 5.88 Å². The Balaban J connectivity index is 2.78. The molecule has 1 heterocycles. The van der Waals surface area contributed by atoms with E-state index in [1.54, 1.807) is 18.7 Å². The molecule has 0 aromatic carbocycles. The topological polar surface area (TPSA) is 88.9 Å². The molecular formula is C12H23N5O2. The third-order valence-corrected chi connectivity index (χ3v) is 3.07. The highest BCUT2D eigenvalue weighted by molar-refractivity contribution is 6.00. The number of ether oxygens (including phenoxy) is 1. The van der Waals surface area contributed by atoms with Crippen molar-refractivity contribution >= 4 is 5.84 Å². The van der Waals surface area contributed by atoms with E-state index in [-0.39, 0.29) is 5.84 Å². The molecular weight excluding hydrogens is 246 g/mol. The van der Waals surface area contributed by atoms with Gasteiger partial charge < -0.3 is 20.6 Å². The van der Waals surface area contributed by atoms with Crippen molar-refractivity contribution in [1.29, 1.82) is 0 Å². The highest BCUT2D eigenvalue weighted by Crippen LogP contribution is 2.20. The van der Waals surface area contributed by atoms with Crippen molar-refractivity contribution in [2.45, 2.75) is 20.8 Å². The van der Waals surface area contributed by atoms with Gasteiger partial charge in [-0.25, -0.2) is 4.68 Å². The van der Waals surface area contributed by atoms with Crippen LogP contribution >= 0.6 is 0 Å². The highest BCUT2D eigenvalue weighted by atomic mass is 16.5. The summed E-state index contributed by atoms with van der Waals surface area (Å²) in [5, 5.41) is 16.0. The van der Waals surface area contributed by atoms with Gasteiger partial charge in [0.25, 0.3) is 0 Å². The first-order valence-electron chi connectivity index (χ1n) is 6.41. The van der Waals surface area contributed by atoms with E-state index >= 15 is 0 Å². The molecule has 3 N–H and O–H groups in total. The number of aromatic nitrogens is 2. The molecule has 0 atom stereocenters. The maximum absolute atomic E-state index is 8.80. The minimum absolute atomic E-state index is 0.0171. The van der Waals surface area contributed by atoms with Crippen LogP contribution in [0.2, 0.25) is 0 Å². The number of nitrogens with zero attached hydrogens (tertiary/aromatic N) is 4. The molecule has 0 aliphatic rings. The molecule has 108 valence electrons. The van der Waals surface area contributed by atoms with Crippen LogP contribution in [0.25, 0.3) is 0 Å². The second-order valence-corrected chi connectivity index (χ2v) is 4.25. The van der Waals surface area contributed by atoms with Crippen molar-refractivity contribution in [3.63, 3.8) is 0 Å². The average Bonchev–Trinajstić information content (AvgIpc) is 2.68. The zero-order valence-electron chi connectivity index (χ0n) is 12.1. The largest absolute Gasteiger partial charge is 0.476 e. The van der Waals surface area contributed by atoms with E-state index in [4.69, 9.17) is 15.7 Å². The van der Waals surface area contributed by atoms with Crippen LogP contribution in [0.4, 0.5) is 0 Å². The lowest BCUT2D eigenvalue weighted by atomic mass is 10.2. The number of nitrogens with two attached hydrogens (primary N) is 1. The molecule has 0 amide bonds. The molecule has 19 heavy (non-hydrogen) atoms. The first-order chi connectivity index (χ1) is 9.04. The number of hydrogen-bond donors (Lipinski definition) is 2. The van der Waals surface area contributed by atoms with E-state index in [2.05, 4.69) is 29.0 Å². The minimum Gasteiger partial charge on any atom is -0.476 e.